The normalized spacial score (nSPS) is 10.7. The Kier molecular flexibility index (Phi) is 4.85. The molecule has 0 unspecified atom stereocenters. The average Bonchev–Trinajstić information content (AvgIpc) is 2.45. The molecule has 0 spiro atoms. The van der Waals surface area contributed by atoms with Gasteiger partial charge < -0.3 is 5.32 Å². The lowest BCUT2D eigenvalue weighted by atomic mass is 10.2. The fourth-order valence-electron chi connectivity index (χ4n) is 1.77. The first-order chi connectivity index (χ1) is 9.97. The molecule has 2 heterocycles. The summed E-state index contributed by atoms with van der Waals surface area (Å²) in [5, 5.41) is 3.02. The number of carbonyl (C=O) groups is 1. The van der Waals surface area contributed by atoms with E-state index in [-0.39, 0.29) is 22.5 Å². The summed E-state index contributed by atoms with van der Waals surface area (Å²) in [7, 11) is 0. The molecule has 0 atom stereocenters. The van der Waals surface area contributed by atoms with Crippen molar-refractivity contribution in [1.82, 2.24) is 20.3 Å². The first-order valence-electron chi connectivity index (χ1n) is 6.70. The van der Waals surface area contributed by atoms with Crippen LogP contribution in [-0.4, -0.2) is 20.9 Å². The molecule has 5 nitrogen and oxygen atoms in total. The molecule has 6 heteroatoms. The Morgan fingerprint density at radius 2 is 2.10 bits per heavy atom. The molecule has 0 aliphatic heterocycles. The van der Waals surface area contributed by atoms with E-state index in [4.69, 9.17) is 11.6 Å². The zero-order chi connectivity index (χ0) is 15.4. The summed E-state index contributed by atoms with van der Waals surface area (Å²) in [6, 6.07) is 5.66. The van der Waals surface area contributed by atoms with Crippen molar-refractivity contribution in [1.29, 1.82) is 0 Å². The van der Waals surface area contributed by atoms with E-state index >= 15 is 0 Å². The second kappa shape index (κ2) is 6.63. The Balaban J connectivity index is 2.11. The van der Waals surface area contributed by atoms with Crippen molar-refractivity contribution in [3.05, 3.63) is 52.3 Å². The Morgan fingerprint density at radius 3 is 2.76 bits per heavy atom. The van der Waals surface area contributed by atoms with Crippen LogP contribution in [0.4, 0.5) is 0 Å². The molecule has 0 aliphatic carbocycles. The van der Waals surface area contributed by atoms with Crippen LogP contribution in [0.1, 0.15) is 47.5 Å². The molecule has 2 aromatic rings. The van der Waals surface area contributed by atoms with Crippen LogP contribution in [0, 0.1) is 6.92 Å². The molecule has 0 aliphatic rings. The van der Waals surface area contributed by atoms with Gasteiger partial charge in [-0.15, -0.1) is 0 Å². The maximum atomic E-state index is 12.2. The van der Waals surface area contributed by atoms with E-state index in [2.05, 4.69) is 20.3 Å². The summed E-state index contributed by atoms with van der Waals surface area (Å²) in [6.07, 6.45) is 1.46. The SMILES string of the molecule is Cc1cccc(CNC(=O)c2nc(C(C)C)ncc2Cl)n1. The highest BCUT2D eigenvalue weighted by molar-refractivity contribution is 6.33. The third-order valence-electron chi connectivity index (χ3n) is 2.87. The maximum absolute atomic E-state index is 12.2. The molecule has 0 saturated carbocycles. The highest BCUT2D eigenvalue weighted by atomic mass is 35.5. The summed E-state index contributed by atoms with van der Waals surface area (Å²) >= 11 is 6.00. The maximum Gasteiger partial charge on any atom is 0.271 e. The number of aryl methyl sites for hydroxylation is 1. The van der Waals surface area contributed by atoms with E-state index in [9.17, 15) is 4.79 Å². The van der Waals surface area contributed by atoms with Crippen LogP contribution in [0.25, 0.3) is 0 Å². The second-order valence-electron chi connectivity index (χ2n) is 5.03. The van der Waals surface area contributed by atoms with Crippen LogP contribution in [0.15, 0.2) is 24.4 Å². The molecule has 110 valence electrons. The quantitative estimate of drug-likeness (QED) is 0.943. The van der Waals surface area contributed by atoms with E-state index in [0.717, 1.165) is 11.4 Å². The number of carbonyl (C=O) groups excluding carboxylic acids is 1. The molecule has 21 heavy (non-hydrogen) atoms. The zero-order valence-corrected chi connectivity index (χ0v) is 13.0. The standard InChI is InChI=1S/C15H17ClN4O/c1-9(2)14-17-8-12(16)13(20-14)15(21)18-7-11-6-4-5-10(3)19-11/h4-6,8-9H,7H2,1-3H3,(H,18,21). The third kappa shape index (κ3) is 3.98. The smallest absolute Gasteiger partial charge is 0.271 e. The van der Waals surface area contributed by atoms with Gasteiger partial charge in [0.05, 0.1) is 23.5 Å². The van der Waals surface area contributed by atoms with Gasteiger partial charge in [-0.2, -0.15) is 0 Å². The fraction of sp³-hybridized carbons (Fsp3) is 0.333. The molecule has 0 bridgehead atoms. The monoisotopic (exact) mass is 304 g/mol. The highest BCUT2D eigenvalue weighted by Gasteiger charge is 2.15. The van der Waals surface area contributed by atoms with Gasteiger partial charge in [-0.3, -0.25) is 9.78 Å². The number of nitrogens with zero attached hydrogens (tertiary/aromatic N) is 3. The fourth-order valence-corrected chi connectivity index (χ4v) is 1.95. The van der Waals surface area contributed by atoms with E-state index in [0.29, 0.717) is 12.4 Å². The summed E-state index contributed by atoms with van der Waals surface area (Å²) in [5.74, 6) is 0.401. The van der Waals surface area contributed by atoms with Crippen molar-refractivity contribution in [2.75, 3.05) is 0 Å². The summed E-state index contributed by atoms with van der Waals surface area (Å²) in [5.41, 5.74) is 1.89. The first kappa shape index (κ1) is 15.4. The van der Waals surface area contributed by atoms with Crippen LogP contribution >= 0.6 is 11.6 Å². The van der Waals surface area contributed by atoms with Crippen molar-refractivity contribution in [3.63, 3.8) is 0 Å². The molecule has 2 rings (SSSR count). The number of rotatable bonds is 4. The third-order valence-corrected chi connectivity index (χ3v) is 3.15. The lowest BCUT2D eigenvalue weighted by molar-refractivity contribution is 0.0945. The predicted molar refractivity (Wildman–Crippen MR) is 81.3 cm³/mol. The predicted octanol–water partition coefficient (Wildman–Crippen LogP) is 2.89. The van der Waals surface area contributed by atoms with Crippen molar-refractivity contribution in [2.45, 2.75) is 33.2 Å². The van der Waals surface area contributed by atoms with E-state index in [1.807, 2.05) is 39.0 Å². The number of aromatic nitrogens is 3. The Bertz CT molecular complexity index is 658. The van der Waals surface area contributed by atoms with E-state index < -0.39 is 0 Å². The zero-order valence-electron chi connectivity index (χ0n) is 12.2. The lowest BCUT2D eigenvalue weighted by Crippen LogP contribution is -2.25. The molecule has 0 aromatic carbocycles. The van der Waals surface area contributed by atoms with Crippen molar-refractivity contribution < 1.29 is 4.79 Å². The Hall–Kier alpha value is -2.01. The number of halogens is 1. The largest absolute Gasteiger partial charge is 0.345 e. The second-order valence-corrected chi connectivity index (χ2v) is 5.44. The summed E-state index contributed by atoms with van der Waals surface area (Å²) in [4.78, 5) is 24.9. The van der Waals surface area contributed by atoms with Crippen molar-refractivity contribution in [2.24, 2.45) is 0 Å². The summed E-state index contributed by atoms with van der Waals surface area (Å²) in [6.45, 7) is 6.16. The topological polar surface area (TPSA) is 67.8 Å². The van der Waals surface area contributed by atoms with Gasteiger partial charge in [-0.25, -0.2) is 9.97 Å². The van der Waals surface area contributed by atoms with Gasteiger partial charge in [0.1, 0.15) is 11.5 Å². The van der Waals surface area contributed by atoms with Gasteiger partial charge in [-0.05, 0) is 19.1 Å². The van der Waals surface area contributed by atoms with Crippen LogP contribution in [0.2, 0.25) is 5.02 Å². The number of hydrogen-bond donors (Lipinski definition) is 1. The van der Waals surface area contributed by atoms with Gasteiger partial charge in [0.2, 0.25) is 0 Å². The first-order valence-corrected chi connectivity index (χ1v) is 7.08. The van der Waals surface area contributed by atoms with Gasteiger partial charge in [0, 0.05) is 11.6 Å². The van der Waals surface area contributed by atoms with Crippen molar-refractivity contribution >= 4 is 17.5 Å². The molecule has 0 radical (unpaired) electrons. The molecule has 1 N–H and O–H groups in total. The minimum absolute atomic E-state index is 0.132. The van der Waals surface area contributed by atoms with E-state index in [1.54, 1.807) is 0 Å². The van der Waals surface area contributed by atoms with E-state index in [1.165, 1.54) is 6.20 Å². The number of pyridine rings is 1. The van der Waals surface area contributed by atoms with Crippen LogP contribution in [-0.2, 0) is 6.54 Å². The van der Waals surface area contributed by atoms with Crippen LogP contribution in [0.3, 0.4) is 0 Å². The number of amides is 1. The lowest BCUT2D eigenvalue weighted by Gasteiger charge is -2.09. The Morgan fingerprint density at radius 1 is 1.33 bits per heavy atom. The van der Waals surface area contributed by atoms with Crippen LogP contribution in [0.5, 0.6) is 0 Å². The number of hydrogen-bond acceptors (Lipinski definition) is 4. The van der Waals surface area contributed by atoms with Gasteiger partial charge in [0.25, 0.3) is 5.91 Å². The molecular formula is C15H17ClN4O. The molecule has 0 fully saturated rings. The number of nitrogens with one attached hydrogen (secondary N) is 1. The highest BCUT2D eigenvalue weighted by Crippen LogP contribution is 2.16. The molecule has 1 amide bonds. The molecular weight excluding hydrogens is 288 g/mol. The minimum Gasteiger partial charge on any atom is -0.345 e. The average molecular weight is 305 g/mol. The Labute approximate surface area is 128 Å². The summed E-state index contributed by atoms with van der Waals surface area (Å²) < 4.78 is 0. The van der Waals surface area contributed by atoms with Gasteiger partial charge in [0.15, 0.2) is 0 Å². The molecule has 0 saturated heterocycles. The van der Waals surface area contributed by atoms with Crippen molar-refractivity contribution in [3.8, 4) is 0 Å². The van der Waals surface area contributed by atoms with Crippen LogP contribution < -0.4 is 5.32 Å². The van der Waals surface area contributed by atoms with Gasteiger partial charge >= 0.3 is 0 Å². The molecule has 2 aromatic heterocycles. The van der Waals surface area contributed by atoms with Gasteiger partial charge in [-0.1, -0.05) is 31.5 Å². The minimum atomic E-state index is -0.326.